The van der Waals surface area contributed by atoms with E-state index in [9.17, 15) is 4.53 Å². The predicted molar refractivity (Wildman–Crippen MR) is 123 cm³/mol. The fourth-order valence-corrected chi connectivity index (χ4v) is 8.67. The van der Waals surface area contributed by atoms with Crippen molar-refractivity contribution >= 4 is 47.3 Å². The summed E-state index contributed by atoms with van der Waals surface area (Å²) >= 11 is 5.18. The Hall–Kier alpha value is 1.13. The van der Waals surface area contributed by atoms with Gasteiger partial charge in [0, 0.05) is 13.7 Å². The van der Waals surface area contributed by atoms with Crippen molar-refractivity contribution in [2.75, 3.05) is 38.1 Å². The topological polar surface area (TPSA) is 46.2 Å². The van der Waals surface area contributed by atoms with Gasteiger partial charge in [0.05, 0.1) is 24.8 Å². The maximum Gasteiger partial charge on any atom is 0.315 e. The van der Waals surface area contributed by atoms with E-state index in [1.807, 2.05) is 40.9 Å². The molecule has 0 aromatic rings. The molecule has 0 radical (unpaired) electrons. The van der Waals surface area contributed by atoms with Crippen LogP contribution < -0.4 is 0 Å². The first-order valence-corrected chi connectivity index (χ1v) is 13.6. The number of ether oxygens (including phenoxy) is 4. The number of halogens is 1. The van der Waals surface area contributed by atoms with Gasteiger partial charge in [0.15, 0.2) is 4.27 Å². The molecule has 3 unspecified atom stereocenters. The zero-order valence-electron chi connectivity index (χ0n) is 18.4. The molecule has 0 spiro atoms. The molecule has 170 valence electrons. The smallest absolute Gasteiger partial charge is 0.315 e. The maximum absolute atomic E-state index is 13.6. The van der Waals surface area contributed by atoms with E-state index in [0.29, 0.717) is 25.3 Å². The summed E-state index contributed by atoms with van der Waals surface area (Å²) in [5.41, 5.74) is 0. The van der Waals surface area contributed by atoms with Crippen molar-refractivity contribution in [3.63, 3.8) is 0 Å². The number of rotatable bonds is 18. The van der Waals surface area contributed by atoms with E-state index in [4.69, 9.17) is 18.9 Å². The first kappa shape index (κ1) is 29.1. The predicted octanol–water partition coefficient (Wildman–Crippen LogP) is 6.33. The van der Waals surface area contributed by atoms with Gasteiger partial charge in [0.1, 0.15) is 0 Å². The van der Waals surface area contributed by atoms with E-state index in [0.717, 1.165) is 24.3 Å². The van der Waals surface area contributed by atoms with Crippen molar-refractivity contribution in [2.24, 2.45) is 0 Å². The summed E-state index contributed by atoms with van der Waals surface area (Å²) in [5, 5.41) is 0. The highest BCUT2D eigenvalue weighted by Gasteiger charge is 2.70. The minimum Gasteiger partial charge on any atom is -0.349 e. The summed E-state index contributed by atoms with van der Waals surface area (Å²) in [6.07, 6.45) is 3.46. The molecule has 0 heterocycles. The Morgan fingerprint density at radius 3 is 2.07 bits per heavy atom. The number of methoxy groups -OCH3 is 1. The van der Waals surface area contributed by atoms with Crippen molar-refractivity contribution in [1.29, 1.82) is 0 Å². The third-order valence-electron chi connectivity index (χ3n) is 3.56. The monoisotopic (exact) mass is 480 g/mol. The lowest BCUT2D eigenvalue weighted by atomic mass is 10.3. The van der Waals surface area contributed by atoms with Gasteiger partial charge < -0.3 is 18.9 Å². The molecule has 5 nitrogen and oxygen atoms in total. The molecule has 0 aliphatic rings. The summed E-state index contributed by atoms with van der Waals surface area (Å²) in [4.78, 5) is 0. The first-order chi connectivity index (χ1) is 13.3. The fourth-order valence-electron chi connectivity index (χ4n) is 2.64. The second-order valence-corrected chi connectivity index (χ2v) is 11.2. The molecule has 0 rings (SSSR count). The van der Waals surface area contributed by atoms with Crippen LogP contribution in [0.1, 0.15) is 54.4 Å². The normalized spacial score (nSPS) is 18.6. The van der Waals surface area contributed by atoms with Crippen LogP contribution in [-0.4, -0.2) is 58.5 Å². The molecule has 0 amide bonds. The molecular formula is C18H37FO5S4. The lowest BCUT2D eigenvalue weighted by molar-refractivity contribution is -0.381. The molecule has 0 saturated heterocycles. The third-order valence-corrected chi connectivity index (χ3v) is 9.89. The highest BCUT2D eigenvalue weighted by molar-refractivity contribution is 8.24. The van der Waals surface area contributed by atoms with Crippen LogP contribution in [0.15, 0.2) is 0 Å². The SMILES string of the molecule is CCCOC(OC)(OCC)C(SCCC)(SOF)C(OC(C)C)(SC)SCC. The first-order valence-electron chi connectivity index (χ1n) is 9.64. The molecule has 3 atom stereocenters. The highest BCUT2D eigenvalue weighted by atomic mass is 32.2. The van der Waals surface area contributed by atoms with Crippen LogP contribution in [0.2, 0.25) is 0 Å². The van der Waals surface area contributed by atoms with Crippen LogP contribution in [0, 0.1) is 0 Å². The Morgan fingerprint density at radius 2 is 1.68 bits per heavy atom. The van der Waals surface area contributed by atoms with Crippen LogP contribution in [0.25, 0.3) is 0 Å². The van der Waals surface area contributed by atoms with Gasteiger partial charge in [0.2, 0.25) is 4.08 Å². The van der Waals surface area contributed by atoms with Gasteiger partial charge in [-0.05, 0) is 55.9 Å². The average molecular weight is 481 g/mol. The molecule has 0 N–H and O–H groups in total. The fraction of sp³-hybridized carbons (Fsp3) is 1.00. The maximum atomic E-state index is 13.6. The molecule has 0 aliphatic carbocycles. The lowest BCUT2D eigenvalue weighted by Gasteiger charge is -2.54. The van der Waals surface area contributed by atoms with Gasteiger partial charge in [-0.2, -0.15) is 0 Å². The van der Waals surface area contributed by atoms with Crippen LogP contribution in [0.5, 0.6) is 0 Å². The summed E-state index contributed by atoms with van der Waals surface area (Å²) < 4.78 is 40.3. The summed E-state index contributed by atoms with van der Waals surface area (Å²) in [6, 6.07) is 0. The van der Waals surface area contributed by atoms with Crippen LogP contribution >= 0.6 is 47.3 Å². The minimum absolute atomic E-state index is 0.115. The lowest BCUT2D eigenvalue weighted by Crippen LogP contribution is -2.66. The standard InChI is InChI=1S/C18H37FO5S4/c1-9-13-22-17(20-7,21-11-3)16(28-24-19,27-14-10-2)18(25-8,26-12-4)23-15(5)6/h15H,9-14H2,1-8H3. The quantitative estimate of drug-likeness (QED) is 0.165. The molecular weight excluding hydrogens is 443 g/mol. The van der Waals surface area contributed by atoms with Crippen molar-refractivity contribution in [1.82, 2.24) is 0 Å². The molecule has 0 bridgehead atoms. The molecule has 0 saturated carbocycles. The number of thioether (sulfide) groups is 3. The average Bonchev–Trinajstić information content (AvgIpc) is 2.67. The van der Waals surface area contributed by atoms with E-state index in [-0.39, 0.29) is 6.10 Å². The highest BCUT2D eigenvalue weighted by Crippen LogP contribution is 2.64. The van der Waals surface area contributed by atoms with Gasteiger partial charge in [-0.25, -0.2) is 0 Å². The van der Waals surface area contributed by atoms with Crippen molar-refractivity contribution in [3.8, 4) is 0 Å². The van der Waals surface area contributed by atoms with Gasteiger partial charge in [-0.1, -0.05) is 20.8 Å². The summed E-state index contributed by atoms with van der Waals surface area (Å²) in [7, 11) is 1.52. The van der Waals surface area contributed by atoms with Crippen LogP contribution in [0.4, 0.5) is 4.53 Å². The Morgan fingerprint density at radius 1 is 1.00 bits per heavy atom. The van der Waals surface area contributed by atoms with Gasteiger partial charge in [-0.15, -0.1) is 39.7 Å². The van der Waals surface area contributed by atoms with Gasteiger partial charge in [0.25, 0.3) is 0 Å². The van der Waals surface area contributed by atoms with E-state index >= 15 is 0 Å². The van der Waals surface area contributed by atoms with Crippen LogP contribution in [-0.2, 0) is 23.3 Å². The van der Waals surface area contributed by atoms with E-state index in [1.165, 1.54) is 30.6 Å². The van der Waals surface area contributed by atoms with Crippen LogP contribution in [0.3, 0.4) is 0 Å². The Balaban J connectivity index is 6.81. The van der Waals surface area contributed by atoms with Gasteiger partial charge in [-0.3, -0.25) is 0 Å². The minimum atomic E-state index is -1.57. The van der Waals surface area contributed by atoms with Crippen molar-refractivity contribution in [3.05, 3.63) is 0 Å². The molecule has 28 heavy (non-hydrogen) atoms. The van der Waals surface area contributed by atoms with E-state index in [1.54, 1.807) is 11.8 Å². The molecule has 0 aromatic heterocycles. The third kappa shape index (κ3) is 6.82. The summed E-state index contributed by atoms with van der Waals surface area (Å²) in [6.45, 7) is 12.6. The molecule has 10 heteroatoms. The Labute approximate surface area is 187 Å². The molecule has 0 fully saturated rings. The summed E-state index contributed by atoms with van der Waals surface area (Å²) in [5.74, 6) is -0.110. The molecule has 0 aliphatic heterocycles. The second kappa shape index (κ2) is 15.0. The molecule has 0 aromatic carbocycles. The number of hydrogen-bond acceptors (Lipinski definition) is 9. The number of hydrogen-bond donors (Lipinski definition) is 0. The van der Waals surface area contributed by atoms with E-state index in [2.05, 4.69) is 11.3 Å². The van der Waals surface area contributed by atoms with Gasteiger partial charge >= 0.3 is 5.97 Å². The van der Waals surface area contributed by atoms with Crippen molar-refractivity contribution in [2.45, 2.75) is 74.8 Å². The Kier molecular flexibility index (Phi) is 15.6. The largest absolute Gasteiger partial charge is 0.349 e. The zero-order valence-corrected chi connectivity index (χ0v) is 21.6. The second-order valence-electron chi connectivity index (χ2n) is 6.01. The zero-order chi connectivity index (χ0) is 21.7. The Bertz CT molecular complexity index is 410. The van der Waals surface area contributed by atoms with Crippen molar-refractivity contribution < 1.29 is 27.9 Å². The van der Waals surface area contributed by atoms with E-state index < -0.39 is 14.3 Å².